The first-order valence-electron chi connectivity index (χ1n) is 16.9. The van der Waals surface area contributed by atoms with Crippen LogP contribution in [0.3, 0.4) is 0 Å². The van der Waals surface area contributed by atoms with E-state index in [4.69, 9.17) is 15.0 Å². The molecule has 0 bridgehead atoms. The first-order valence-corrected chi connectivity index (χ1v) is 16.9. The van der Waals surface area contributed by atoms with Crippen molar-refractivity contribution in [3.8, 4) is 51.6 Å². The minimum atomic E-state index is 0.456. The van der Waals surface area contributed by atoms with Crippen LogP contribution in [0.25, 0.3) is 89.2 Å². The highest BCUT2D eigenvalue weighted by atomic mass is 15.1. The number of hydrogen-bond acceptors (Lipinski definition) is 6. The third kappa shape index (κ3) is 4.57. The SMILES string of the molecule is N#Cc1cc(-c2nc(-c3ccccc3)nc(-c3ccccc3)n2)c(-n2c3ccccc3c3cnccc32)cc1-n1c2ccccc2c2cnccc21. The third-order valence-electron chi connectivity index (χ3n) is 9.60. The van der Waals surface area contributed by atoms with Crippen LogP contribution in [0.15, 0.2) is 158 Å². The Balaban J connectivity index is 1.36. The second-order valence-electron chi connectivity index (χ2n) is 12.5. The molecular weight excluding hydrogens is 641 g/mol. The summed E-state index contributed by atoms with van der Waals surface area (Å²) in [6.45, 7) is 0. The summed E-state index contributed by atoms with van der Waals surface area (Å²) in [6, 6.07) is 47.0. The molecule has 0 saturated heterocycles. The summed E-state index contributed by atoms with van der Waals surface area (Å²) in [5.41, 5.74) is 8.35. The molecule has 0 aliphatic rings. The van der Waals surface area contributed by atoms with Crippen LogP contribution in [-0.2, 0) is 0 Å². The van der Waals surface area contributed by atoms with Crippen molar-refractivity contribution < 1.29 is 0 Å². The van der Waals surface area contributed by atoms with E-state index in [0.717, 1.165) is 66.1 Å². The Bertz CT molecular complexity index is 2860. The zero-order valence-electron chi connectivity index (χ0n) is 27.6. The van der Waals surface area contributed by atoms with Gasteiger partial charge in [0, 0.05) is 63.0 Å². The summed E-state index contributed by atoms with van der Waals surface area (Å²) < 4.78 is 4.39. The molecule has 5 heterocycles. The number of hydrogen-bond donors (Lipinski definition) is 0. The van der Waals surface area contributed by atoms with Gasteiger partial charge in [0.25, 0.3) is 0 Å². The van der Waals surface area contributed by atoms with E-state index in [1.165, 1.54) is 0 Å². The van der Waals surface area contributed by atoms with Crippen molar-refractivity contribution in [3.05, 3.63) is 164 Å². The highest BCUT2D eigenvalue weighted by Crippen LogP contribution is 2.40. The number of fused-ring (bicyclic) bond motifs is 6. The van der Waals surface area contributed by atoms with Crippen LogP contribution in [0.5, 0.6) is 0 Å². The molecular formula is C44H26N8. The molecule has 8 nitrogen and oxygen atoms in total. The Morgan fingerprint density at radius 2 is 0.904 bits per heavy atom. The molecule has 0 aliphatic heterocycles. The minimum Gasteiger partial charge on any atom is -0.308 e. The quantitative estimate of drug-likeness (QED) is 0.181. The smallest absolute Gasteiger partial charge is 0.166 e. The van der Waals surface area contributed by atoms with Gasteiger partial charge in [-0.15, -0.1) is 0 Å². The lowest BCUT2D eigenvalue weighted by atomic mass is 10.0. The van der Waals surface area contributed by atoms with Crippen LogP contribution in [-0.4, -0.2) is 34.1 Å². The van der Waals surface area contributed by atoms with Crippen molar-refractivity contribution in [2.24, 2.45) is 0 Å². The van der Waals surface area contributed by atoms with Crippen molar-refractivity contribution in [2.75, 3.05) is 0 Å². The first kappa shape index (κ1) is 29.4. The van der Waals surface area contributed by atoms with Crippen LogP contribution in [0.4, 0.5) is 0 Å². The number of benzene rings is 5. The minimum absolute atomic E-state index is 0.456. The second kappa shape index (κ2) is 11.8. The van der Waals surface area contributed by atoms with E-state index < -0.39 is 0 Å². The first-order chi connectivity index (χ1) is 25.8. The molecule has 0 N–H and O–H groups in total. The van der Waals surface area contributed by atoms with Crippen molar-refractivity contribution in [1.82, 2.24) is 34.1 Å². The molecule has 8 heteroatoms. The van der Waals surface area contributed by atoms with Gasteiger partial charge < -0.3 is 9.13 Å². The monoisotopic (exact) mass is 666 g/mol. The van der Waals surface area contributed by atoms with E-state index in [-0.39, 0.29) is 0 Å². The normalized spacial score (nSPS) is 11.4. The van der Waals surface area contributed by atoms with Crippen LogP contribution < -0.4 is 0 Å². The number of rotatable bonds is 5. The van der Waals surface area contributed by atoms with Crippen LogP contribution in [0.2, 0.25) is 0 Å². The summed E-state index contributed by atoms with van der Waals surface area (Å²) in [5, 5.41) is 15.1. The Labute approximate surface area is 297 Å². The number of aromatic nitrogens is 7. The van der Waals surface area contributed by atoms with Crippen molar-refractivity contribution in [3.63, 3.8) is 0 Å². The predicted molar refractivity (Wildman–Crippen MR) is 205 cm³/mol. The lowest BCUT2D eigenvalue weighted by Gasteiger charge is -2.18. The summed E-state index contributed by atoms with van der Waals surface area (Å²) in [5.74, 6) is 1.54. The Kier molecular flexibility index (Phi) is 6.69. The van der Waals surface area contributed by atoms with Gasteiger partial charge >= 0.3 is 0 Å². The van der Waals surface area contributed by atoms with Gasteiger partial charge in [-0.3, -0.25) is 9.97 Å². The lowest BCUT2D eigenvalue weighted by molar-refractivity contribution is 1.06. The zero-order chi connectivity index (χ0) is 34.6. The summed E-state index contributed by atoms with van der Waals surface area (Å²) >= 11 is 0. The molecule has 0 spiro atoms. The number of nitriles is 1. The van der Waals surface area contributed by atoms with Crippen LogP contribution >= 0.6 is 0 Å². The van der Waals surface area contributed by atoms with Gasteiger partial charge in [0.1, 0.15) is 6.07 Å². The van der Waals surface area contributed by atoms with Crippen molar-refractivity contribution >= 4 is 43.6 Å². The maximum Gasteiger partial charge on any atom is 0.166 e. The standard InChI is InChI=1S/C44H26N8/c45-25-30-23-33(44-49-42(28-11-3-1-4-12-28)48-43(50-44)29-13-5-2-6-14-29)41(52-37-18-10-8-16-32(37)35-27-47-22-20-39(35)52)24-40(30)51-36-17-9-7-15-31(36)34-26-46-21-19-38(34)51/h1-24,26-27H. The topological polar surface area (TPSA) is 98.1 Å². The van der Waals surface area contributed by atoms with Crippen molar-refractivity contribution in [2.45, 2.75) is 0 Å². The number of para-hydroxylation sites is 2. The molecule has 10 rings (SSSR count). The second-order valence-corrected chi connectivity index (χ2v) is 12.5. The molecule has 0 amide bonds. The fourth-order valence-corrected chi connectivity index (χ4v) is 7.30. The van der Waals surface area contributed by atoms with Gasteiger partial charge in [0.05, 0.1) is 39.0 Å². The molecule has 5 aromatic carbocycles. The van der Waals surface area contributed by atoms with Gasteiger partial charge in [-0.2, -0.15) is 5.26 Å². The van der Waals surface area contributed by atoms with E-state index in [1.54, 1.807) is 6.20 Å². The highest BCUT2D eigenvalue weighted by Gasteiger charge is 2.24. The number of pyridine rings is 2. The maximum absolute atomic E-state index is 10.9. The van der Waals surface area contributed by atoms with Gasteiger partial charge in [0.2, 0.25) is 0 Å². The van der Waals surface area contributed by atoms with Crippen LogP contribution in [0, 0.1) is 11.3 Å². The van der Waals surface area contributed by atoms with E-state index in [9.17, 15) is 5.26 Å². The molecule has 10 aromatic rings. The predicted octanol–water partition coefficient (Wildman–Crippen LogP) is 9.73. The fourth-order valence-electron chi connectivity index (χ4n) is 7.30. The van der Waals surface area contributed by atoms with E-state index >= 15 is 0 Å². The fraction of sp³-hybridized carbons (Fsp3) is 0. The molecule has 0 fully saturated rings. The third-order valence-corrected chi connectivity index (χ3v) is 9.60. The average Bonchev–Trinajstić information content (AvgIpc) is 3.74. The van der Waals surface area contributed by atoms with E-state index in [1.807, 2.05) is 122 Å². The molecule has 0 saturated carbocycles. The Hall–Kier alpha value is -7.50. The summed E-state index contributed by atoms with van der Waals surface area (Å²) in [6.07, 6.45) is 7.39. The highest BCUT2D eigenvalue weighted by molar-refractivity contribution is 6.10. The molecule has 0 aliphatic carbocycles. The van der Waals surface area contributed by atoms with Crippen molar-refractivity contribution in [1.29, 1.82) is 5.26 Å². The molecule has 0 radical (unpaired) electrons. The summed E-state index contributed by atoms with van der Waals surface area (Å²) in [4.78, 5) is 24.1. The van der Waals surface area contributed by atoms with Crippen LogP contribution in [0.1, 0.15) is 5.56 Å². The molecule has 242 valence electrons. The zero-order valence-corrected chi connectivity index (χ0v) is 27.6. The molecule has 0 unspecified atom stereocenters. The average molecular weight is 667 g/mol. The van der Waals surface area contributed by atoms with E-state index in [2.05, 4.69) is 55.5 Å². The maximum atomic E-state index is 10.9. The van der Waals surface area contributed by atoms with Gasteiger partial charge in [-0.05, 0) is 36.4 Å². The summed E-state index contributed by atoms with van der Waals surface area (Å²) in [7, 11) is 0. The largest absolute Gasteiger partial charge is 0.308 e. The molecule has 5 aromatic heterocycles. The van der Waals surface area contributed by atoms with Gasteiger partial charge in [0.15, 0.2) is 17.5 Å². The van der Waals surface area contributed by atoms with Gasteiger partial charge in [-0.1, -0.05) is 97.1 Å². The lowest BCUT2D eigenvalue weighted by Crippen LogP contribution is -2.07. The molecule has 0 atom stereocenters. The Morgan fingerprint density at radius 3 is 1.44 bits per heavy atom. The van der Waals surface area contributed by atoms with E-state index in [0.29, 0.717) is 28.6 Å². The Morgan fingerprint density at radius 1 is 0.442 bits per heavy atom. The molecule has 52 heavy (non-hydrogen) atoms. The number of nitrogens with zero attached hydrogens (tertiary/aromatic N) is 8. The van der Waals surface area contributed by atoms with Gasteiger partial charge in [-0.25, -0.2) is 15.0 Å².